The van der Waals surface area contributed by atoms with Gasteiger partial charge in [-0.15, -0.1) is 11.3 Å². The molecule has 2 atom stereocenters. The second-order valence-electron chi connectivity index (χ2n) is 6.24. The van der Waals surface area contributed by atoms with E-state index in [2.05, 4.69) is 25.5 Å². The second-order valence-corrected chi connectivity index (χ2v) is 7.13. The van der Waals surface area contributed by atoms with Gasteiger partial charge in [-0.1, -0.05) is 0 Å². The van der Waals surface area contributed by atoms with Crippen LogP contribution >= 0.6 is 11.3 Å². The van der Waals surface area contributed by atoms with Gasteiger partial charge in [-0.2, -0.15) is 0 Å². The number of fused-ring (bicyclic) bond motifs is 1. The van der Waals surface area contributed by atoms with Gasteiger partial charge in [-0.3, -0.25) is 4.79 Å². The number of carbonyl (C=O) groups is 1. The van der Waals surface area contributed by atoms with Crippen LogP contribution in [0.2, 0.25) is 0 Å². The number of carbonyl (C=O) groups excluding carboxylic acids is 1. The number of rotatable bonds is 3. The van der Waals surface area contributed by atoms with Gasteiger partial charge in [0.05, 0.1) is 5.39 Å². The van der Waals surface area contributed by atoms with Crippen molar-refractivity contribution < 1.29 is 4.79 Å². The first-order chi connectivity index (χ1) is 11.3. The number of aromatic nitrogens is 2. The van der Waals surface area contributed by atoms with Gasteiger partial charge < -0.3 is 15.5 Å². The summed E-state index contributed by atoms with van der Waals surface area (Å²) in [5.41, 5.74) is 0. The molecule has 2 aliphatic heterocycles. The smallest absolute Gasteiger partial charge is 0.243 e. The van der Waals surface area contributed by atoms with E-state index in [0.717, 1.165) is 61.4 Å². The van der Waals surface area contributed by atoms with Crippen molar-refractivity contribution in [3.8, 4) is 0 Å². The first-order valence-electron chi connectivity index (χ1n) is 8.29. The summed E-state index contributed by atoms with van der Waals surface area (Å²) in [5.74, 6) is 1.04. The average molecular weight is 331 g/mol. The Morgan fingerprint density at radius 2 is 2.30 bits per heavy atom. The number of piperidine rings is 1. The normalized spacial score (nSPS) is 25.0. The molecular formula is C16H21N5OS. The Morgan fingerprint density at radius 3 is 3.17 bits per heavy atom. The minimum atomic E-state index is -0.116. The Bertz CT molecular complexity index is 697. The zero-order chi connectivity index (χ0) is 15.6. The lowest BCUT2D eigenvalue weighted by Crippen LogP contribution is -2.51. The highest BCUT2D eigenvalue weighted by Crippen LogP contribution is 2.31. The zero-order valence-electron chi connectivity index (χ0n) is 13.0. The highest BCUT2D eigenvalue weighted by molar-refractivity contribution is 7.16. The largest absolute Gasteiger partial charge is 0.350 e. The first-order valence-corrected chi connectivity index (χ1v) is 9.17. The van der Waals surface area contributed by atoms with E-state index in [-0.39, 0.29) is 18.0 Å². The molecule has 2 aromatic heterocycles. The summed E-state index contributed by atoms with van der Waals surface area (Å²) in [7, 11) is 0. The topological polar surface area (TPSA) is 70.2 Å². The van der Waals surface area contributed by atoms with Crippen LogP contribution in [-0.2, 0) is 4.79 Å². The highest BCUT2D eigenvalue weighted by atomic mass is 32.1. The third-order valence-electron chi connectivity index (χ3n) is 4.71. The summed E-state index contributed by atoms with van der Waals surface area (Å²) >= 11 is 1.61. The number of hydrogen-bond donors (Lipinski definition) is 2. The maximum Gasteiger partial charge on any atom is 0.243 e. The van der Waals surface area contributed by atoms with E-state index in [1.165, 1.54) is 0 Å². The van der Waals surface area contributed by atoms with Crippen LogP contribution in [0.25, 0.3) is 10.2 Å². The molecule has 2 N–H and O–H groups in total. The van der Waals surface area contributed by atoms with E-state index in [0.29, 0.717) is 0 Å². The van der Waals surface area contributed by atoms with Crippen LogP contribution < -0.4 is 15.5 Å². The van der Waals surface area contributed by atoms with Crippen LogP contribution in [0.1, 0.15) is 25.7 Å². The molecule has 23 heavy (non-hydrogen) atoms. The van der Waals surface area contributed by atoms with Gasteiger partial charge in [0.2, 0.25) is 5.91 Å². The number of nitrogens with zero attached hydrogens (tertiary/aromatic N) is 3. The molecule has 122 valence electrons. The molecule has 7 heteroatoms. The van der Waals surface area contributed by atoms with Gasteiger partial charge in [-0.05, 0) is 43.7 Å². The van der Waals surface area contributed by atoms with E-state index in [4.69, 9.17) is 0 Å². The quantitative estimate of drug-likeness (QED) is 0.892. The van der Waals surface area contributed by atoms with Crippen LogP contribution in [0.15, 0.2) is 17.8 Å². The summed E-state index contributed by atoms with van der Waals surface area (Å²) in [6.07, 6.45) is 5.71. The fourth-order valence-electron chi connectivity index (χ4n) is 3.57. The molecule has 2 aliphatic rings. The molecule has 2 fully saturated rings. The monoisotopic (exact) mass is 331 g/mol. The molecule has 0 saturated carbocycles. The summed E-state index contributed by atoms with van der Waals surface area (Å²) in [5, 5.41) is 9.65. The molecule has 2 unspecified atom stereocenters. The predicted molar refractivity (Wildman–Crippen MR) is 91.8 cm³/mol. The molecular weight excluding hydrogens is 310 g/mol. The van der Waals surface area contributed by atoms with Crippen molar-refractivity contribution in [1.82, 2.24) is 20.6 Å². The lowest BCUT2D eigenvalue weighted by Gasteiger charge is -2.29. The Kier molecular flexibility index (Phi) is 4.13. The Balaban J connectivity index is 1.54. The summed E-state index contributed by atoms with van der Waals surface area (Å²) < 4.78 is 0. The predicted octanol–water partition coefficient (Wildman–Crippen LogP) is 1.53. The molecule has 0 bridgehead atoms. The second kappa shape index (κ2) is 6.41. The number of anilines is 1. The van der Waals surface area contributed by atoms with Crippen LogP contribution in [0, 0.1) is 0 Å². The standard InChI is InChI=1S/C16H21N5OS/c22-15(20-11-3-1-6-17-9-11)13-4-2-7-21(13)14-12-5-8-23-16(12)19-10-18-14/h5,8,10-11,13,17H,1-4,6-7,9H2,(H,20,22). The molecule has 0 aliphatic carbocycles. The minimum absolute atomic E-state index is 0.116. The van der Waals surface area contributed by atoms with Gasteiger partial charge in [-0.25, -0.2) is 9.97 Å². The SMILES string of the molecule is O=C(NC1CCCNC1)C1CCCN1c1ncnc2sccc12. The average Bonchev–Trinajstić information content (AvgIpc) is 3.24. The number of amides is 1. The molecule has 0 spiro atoms. The van der Waals surface area contributed by atoms with Crippen LogP contribution in [0.3, 0.4) is 0 Å². The van der Waals surface area contributed by atoms with E-state index >= 15 is 0 Å². The fraction of sp³-hybridized carbons (Fsp3) is 0.562. The highest BCUT2D eigenvalue weighted by Gasteiger charge is 2.33. The van der Waals surface area contributed by atoms with Crippen molar-refractivity contribution in [3.63, 3.8) is 0 Å². The lowest BCUT2D eigenvalue weighted by molar-refractivity contribution is -0.123. The van der Waals surface area contributed by atoms with Gasteiger partial charge in [0.1, 0.15) is 23.0 Å². The molecule has 4 rings (SSSR count). The summed E-state index contributed by atoms with van der Waals surface area (Å²) in [6.45, 7) is 2.81. The molecule has 1 amide bonds. The van der Waals surface area contributed by atoms with E-state index in [1.807, 2.05) is 11.4 Å². The minimum Gasteiger partial charge on any atom is -0.350 e. The van der Waals surface area contributed by atoms with Gasteiger partial charge >= 0.3 is 0 Å². The van der Waals surface area contributed by atoms with Crippen molar-refractivity contribution in [3.05, 3.63) is 17.8 Å². The van der Waals surface area contributed by atoms with E-state index < -0.39 is 0 Å². The van der Waals surface area contributed by atoms with E-state index in [1.54, 1.807) is 17.7 Å². The third kappa shape index (κ3) is 2.90. The van der Waals surface area contributed by atoms with Crippen molar-refractivity contribution in [2.24, 2.45) is 0 Å². The summed E-state index contributed by atoms with van der Waals surface area (Å²) in [4.78, 5) is 24.7. The lowest BCUT2D eigenvalue weighted by atomic mass is 10.1. The van der Waals surface area contributed by atoms with Crippen molar-refractivity contribution >= 4 is 33.3 Å². The Hall–Kier alpha value is -1.73. The fourth-order valence-corrected chi connectivity index (χ4v) is 4.30. The third-order valence-corrected chi connectivity index (χ3v) is 5.53. The molecule has 2 saturated heterocycles. The van der Waals surface area contributed by atoms with Gasteiger partial charge in [0.25, 0.3) is 0 Å². The molecule has 2 aromatic rings. The van der Waals surface area contributed by atoms with Gasteiger partial charge in [0.15, 0.2) is 0 Å². The van der Waals surface area contributed by atoms with Gasteiger partial charge in [0, 0.05) is 19.1 Å². The van der Waals surface area contributed by atoms with Crippen LogP contribution in [0.4, 0.5) is 5.82 Å². The van der Waals surface area contributed by atoms with E-state index in [9.17, 15) is 4.79 Å². The molecule has 0 radical (unpaired) electrons. The maximum absolute atomic E-state index is 12.8. The van der Waals surface area contributed by atoms with Crippen molar-refractivity contribution in [1.29, 1.82) is 0 Å². The Morgan fingerprint density at radius 1 is 1.35 bits per heavy atom. The maximum atomic E-state index is 12.8. The zero-order valence-corrected chi connectivity index (χ0v) is 13.8. The van der Waals surface area contributed by atoms with Crippen molar-refractivity contribution in [2.45, 2.75) is 37.8 Å². The number of thiophene rings is 1. The van der Waals surface area contributed by atoms with Crippen LogP contribution in [0.5, 0.6) is 0 Å². The summed E-state index contributed by atoms with van der Waals surface area (Å²) in [6, 6.07) is 2.19. The van der Waals surface area contributed by atoms with Crippen LogP contribution in [-0.4, -0.2) is 47.6 Å². The Labute approximate surface area is 139 Å². The van der Waals surface area contributed by atoms with Crippen molar-refractivity contribution in [2.75, 3.05) is 24.5 Å². The number of hydrogen-bond acceptors (Lipinski definition) is 6. The molecule has 4 heterocycles. The first kappa shape index (κ1) is 14.8. The molecule has 6 nitrogen and oxygen atoms in total. The number of nitrogens with one attached hydrogen (secondary N) is 2. The molecule has 0 aromatic carbocycles.